The van der Waals surface area contributed by atoms with E-state index in [1.54, 1.807) is 0 Å². The molecular weight excluding hydrogens is 380 g/mol. The number of halogens is 1. The molecule has 0 aliphatic heterocycles. The number of rotatable bonds is 1. The highest BCUT2D eigenvalue weighted by Gasteiger charge is 2.33. The van der Waals surface area contributed by atoms with Crippen LogP contribution in [0.15, 0.2) is 46.5 Å². The van der Waals surface area contributed by atoms with Crippen molar-refractivity contribution in [2.45, 2.75) is 72.1 Å². The summed E-state index contributed by atoms with van der Waals surface area (Å²) in [6, 6.07) is 14.1. The van der Waals surface area contributed by atoms with Crippen LogP contribution in [0.3, 0.4) is 0 Å². The number of hydrogen-bond donors (Lipinski definition) is 0. The summed E-state index contributed by atoms with van der Waals surface area (Å²) in [5.41, 5.74) is 10.1. The van der Waals surface area contributed by atoms with Crippen LogP contribution in [0.5, 0.6) is 0 Å². The van der Waals surface area contributed by atoms with Crippen LogP contribution in [0.4, 0.5) is 0 Å². The van der Waals surface area contributed by atoms with Crippen molar-refractivity contribution in [1.82, 2.24) is 0 Å². The third-order valence-corrected chi connectivity index (χ3v) is 6.73. The van der Waals surface area contributed by atoms with Gasteiger partial charge in [0.25, 0.3) is 0 Å². The molecule has 138 valence electrons. The Balaban J connectivity index is 2.29. The maximum atomic E-state index is 3.94. The fraction of sp³-hybridized carbons (Fsp3) is 0.440. The molecule has 2 aromatic rings. The maximum Gasteiger partial charge on any atom is 0.0417 e. The molecule has 0 unspecified atom stereocenters. The van der Waals surface area contributed by atoms with Crippen molar-refractivity contribution < 1.29 is 0 Å². The quantitative estimate of drug-likeness (QED) is 0.445. The average Bonchev–Trinajstić information content (AvgIpc) is 2.85. The summed E-state index contributed by atoms with van der Waals surface area (Å²) < 4.78 is 1.30. The van der Waals surface area contributed by atoms with Crippen LogP contribution in [0.25, 0.3) is 11.1 Å². The van der Waals surface area contributed by atoms with E-state index in [4.69, 9.17) is 0 Å². The molecule has 0 fully saturated rings. The molecule has 0 heterocycles. The predicted octanol–water partition coefficient (Wildman–Crippen LogP) is 8.08. The zero-order valence-corrected chi connectivity index (χ0v) is 19.0. The SMILES string of the molecule is CC(C)=C(Br)C1c2cc(C(C)(C)C)ccc2-c2ccc(C(C)(C)C)cc21. The molecule has 0 N–H and O–H groups in total. The molecule has 3 rings (SSSR count). The molecule has 2 aromatic carbocycles. The molecule has 0 radical (unpaired) electrons. The lowest BCUT2D eigenvalue weighted by Gasteiger charge is -2.23. The first kappa shape index (κ1) is 19.4. The minimum Gasteiger partial charge on any atom is -0.0653 e. The van der Waals surface area contributed by atoms with Crippen LogP contribution in [-0.4, -0.2) is 0 Å². The molecule has 0 saturated carbocycles. The summed E-state index contributed by atoms with van der Waals surface area (Å²) in [6.07, 6.45) is 0. The second kappa shape index (κ2) is 6.37. The minimum absolute atomic E-state index is 0.155. The van der Waals surface area contributed by atoms with Crippen molar-refractivity contribution >= 4 is 15.9 Å². The Morgan fingerprint density at radius 1 is 0.731 bits per heavy atom. The maximum absolute atomic E-state index is 3.94. The lowest BCUT2D eigenvalue weighted by Crippen LogP contribution is -2.12. The number of fused-ring (bicyclic) bond motifs is 3. The molecule has 0 aromatic heterocycles. The molecule has 26 heavy (non-hydrogen) atoms. The summed E-state index contributed by atoms with van der Waals surface area (Å²) in [5, 5.41) is 0. The van der Waals surface area contributed by atoms with Crippen LogP contribution in [0, 0.1) is 0 Å². The van der Waals surface area contributed by atoms with Gasteiger partial charge in [0.05, 0.1) is 0 Å². The Morgan fingerprint density at radius 3 is 1.42 bits per heavy atom. The Labute approximate surface area is 167 Å². The van der Waals surface area contributed by atoms with Gasteiger partial charge in [0.15, 0.2) is 0 Å². The third-order valence-electron chi connectivity index (χ3n) is 5.48. The summed E-state index contributed by atoms with van der Waals surface area (Å²) in [4.78, 5) is 0. The highest BCUT2D eigenvalue weighted by Crippen LogP contribution is 2.52. The molecule has 0 spiro atoms. The van der Waals surface area contributed by atoms with Crippen LogP contribution >= 0.6 is 15.9 Å². The van der Waals surface area contributed by atoms with E-state index >= 15 is 0 Å². The zero-order valence-electron chi connectivity index (χ0n) is 17.4. The number of hydrogen-bond acceptors (Lipinski definition) is 0. The smallest absolute Gasteiger partial charge is 0.0417 e. The summed E-state index contributed by atoms with van der Waals surface area (Å²) >= 11 is 3.94. The minimum atomic E-state index is 0.155. The molecule has 0 atom stereocenters. The molecule has 0 nitrogen and oxygen atoms in total. The molecule has 0 amide bonds. The first-order chi connectivity index (χ1) is 11.9. The number of allylic oxidation sites excluding steroid dienone is 2. The standard InChI is InChI=1S/C25H31Br/c1-15(2)23(26)22-20-13-16(24(3,4)5)9-11-18(20)19-12-10-17(14-21(19)22)25(6,7)8/h9-14,22H,1-8H3. The van der Waals surface area contributed by atoms with Crippen molar-refractivity contribution in [1.29, 1.82) is 0 Å². The number of benzene rings is 2. The predicted molar refractivity (Wildman–Crippen MR) is 118 cm³/mol. The third kappa shape index (κ3) is 3.31. The highest BCUT2D eigenvalue weighted by atomic mass is 79.9. The monoisotopic (exact) mass is 410 g/mol. The summed E-state index contributed by atoms with van der Waals surface area (Å²) in [6.45, 7) is 18.1. The molecule has 1 aliphatic rings. The van der Waals surface area contributed by atoms with Crippen LogP contribution in [0.2, 0.25) is 0 Å². The lowest BCUT2D eigenvalue weighted by molar-refractivity contribution is 0.589. The summed E-state index contributed by atoms with van der Waals surface area (Å²) in [7, 11) is 0. The van der Waals surface area contributed by atoms with E-state index in [2.05, 4.69) is 108 Å². The topological polar surface area (TPSA) is 0 Å². The molecule has 0 bridgehead atoms. The second-order valence-electron chi connectivity index (χ2n) is 9.89. The van der Waals surface area contributed by atoms with Crippen molar-refractivity contribution in [2.24, 2.45) is 0 Å². The lowest BCUT2D eigenvalue weighted by atomic mass is 9.83. The average molecular weight is 411 g/mol. The Kier molecular flexibility index (Phi) is 4.76. The van der Waals surface area contributed by atoms with Crippen LogP contribution in [0.1, 0.15) is 83.6 Å². The first-order valence-corrected chi connectivity index (χ1v) is 10.3. The van der Waals surface area contributed by atoms with Crippen LogP contribution in [-0.2, 0) is 10.8 Å². The van der Waals surface area contributed by atoms with Crippen molar-refractivity contribution in [3.05, 3.63) is 68.7 Å². The van der Waals surface area contributed by atoms with Crippen LogP contribution < -0.4 is 0 Å². The van der Waals surface area contributed by atoms with Crippen molar-refractivity contribution in [2.75, 3.05) is 0 Å². The van der Waals surface area contributed by atoms with E-state index < -0.39 is 0 Å². The Morgan fingerprint density at radius 2 is 1.12 bits per heavy atom. The second-order valence-corrected chi connectivity index (χ2v) is 10.7. The summed E-state index contributed by atoms with van der Waals surface area (Å²) in [5.74, 6) is 0.301. The van der Waals surface area contributed by atoms with Gasteiger partial charge in [-0.1, -0.05) is 99.4 Å². The largest absolute Gasteiger partial charge is 0.0653 e. The van der Waals surface area contributed by atoms with E-state index in [-0.39, 0.29) is 10.8 Å². The first-order valence-electron chi connectivity index (χ1n) is 9.53. The highest BCUT2D eigenvalue weighted by molar-refractivity contribution is 9.11. The van der Waals surface area contributed by atoms with Gasteiger partial charge in [-0.3, -0.25) is 0 Å². The Bertz CT molecular complexity index is 818. The molecular formula is C25H31Br. The van der Waals surface area contributed by atoms with Crippen molar-refractivity contribution in [3.8, 4) is 11.1 Å². The van der Waals surface area contributed by atoms with Gasteiger partial charge in [-0.05, 0) is 58.1 Å². The fourth-order valence-electron chi connectivity index (χ4n) is 3.76. The van der Waals surface area contributed by atoms with E-state index in [1.165, 1.54) is 43.4 Å². The van der Waals surface area contributed by atoms with Gasteiger partial charge >= 0.3 is 0 Å². The van der Waals surface area contributed by atoms with Gasteiger partial charge in [-0.25, -0.2) is 0 Å². The zero-order chi connectivity index (χ0) is 19.4. The van der Waals surface area contributed by atoms with Gasteiger partial charge in [0.1, 0.15) is 0 Å². The normalized spacial score (nSPS) is 14.2. The van der Waals surface area contributed by atoms with E-state index in [9.17, 15) is 0 Å². The van der Waals surface area contributed by atoms with Gasteiger partial charge in [-0.2, -0.15) is 0 Å². The molecule has 0 saturated heterocycles. The Hall–Kier alpha value is -1.34. The fourth-order valence-corrected chi connectivity index (χ4v) is 4.25. The van der Waals surface area contributed by atoms with E-state index in [0.717, 1.165) is 0 Å². The van der Waals surface area contributed by atoms with Gasteiger partial charge in [0, 0.05) is 10.4 Å². The van der Waals surface area contributed by atoms with Crippen molar-refractivity contribution in [3.63, 3.8) is 0 Å². The van der Waals surface area contributed by atoms with Gasteiger partial charge in [0.2, 0.25) is 0 Å². The van der Waals surface area contributed by atoms with E-state index in [0.29, 0.717) is 5.92 Å². The van der Waals surface area contributed by atoms with Gasteiger partial charge < -0.3 is 0 Å². The molecule has 1 heteroatoms. The van der Waals surface area contributed by atoms with E-state index in [1.807, 2.05) is 0 Å². The van der Waals surface area contributed by atoms with Gasteiger partial charge in [-0.15, -0.1) is 0 Å². The molecule has 1 aliphatic carbocycles.